The smallest absolute Gasteiger partial charge is 0.151 e. The van der Waals surface area contributed by atoms with Crippen molar-refractivity contribution in [2.24, 2.45) is 0 Å². The first-order valence-corrected chi connectivity index (χ1v) is 10.2. The van der Waals surface area contributed by atoms with Crippen molar-refractivity contribution >= 4 is 27.8 Å². The largest absolute Gasteiger partial charge is 0.455 e. The van der Waals surface area contributed by atoms with Gasteiger partial charge in [0.25, 0.3) is 0 Å². The average Bonchev–Trinajstić information content (AvgIpc) is 2.76. The molecule has 0 amide bonds. The predicted octanol–water partition coefficient (Wildman–Crippen LogP) is 4.98. The van der Waals surface area contributed by atoms with E-state index in [1.54, 1.807) is 0 Å². The first kappa shape index (κ1) is 15.7. The Morgan fingerprint density at radius 2 is 2.03 bits per heavy atom. The zero-order valence-corrected chi connectivity index (χ0v) is 16.1. The van der Waals surface area contributed by atoms with Crippen LogP contribution in [0, 0.1) is 0 Å². The third kappa shape index (κ3) is 1.92. The minimum atomic E-state index is -0.0282. The number of nitrogens with zero attached hydrogens (tertiary/aromatic N) is 1. The van der Waals surface area contributed by atoms with Crippen LogP contribution in [0.2, 0.25) is 0 Å². The van der Waals surface area contributed by atoms with Gasteiger partial charge in [-0.25, -0.2) is 0 Å². The summed E-state index contributed by atoms with van der Waals surface area (Å²) in [4.78, 5) is 5.51. The number of H-pyrrole nitrogens is 1. The van der Waals surface area contributed by atoms with Gasteiger partial charge in [0.05, 0.1) is 0 Å². The normalized spacial score (nSPS) is 24.7. The van der Waals surface area contributed by atoms with Gasteiger partial charge >= 0.3 is 0 Å². The molecule has 1 N–H and O–H groups in total. The Hall–Kier alpha value is -3.24. The number of benzene rings is 2. The van der Waals surface area contributed by atoms with Gasteiger partial charge in [-0.1, -0.05) is 42.5 Å². The van der Waals surface area contributed by atoms with Crippen molar-refractivity contribution in [3.05, 3.63) is 77.4 Å². The molecule has 142 valence electrons. The summed E-state index contributed by atoms with van der Waals surface area (Å²) in [6, 6.07) is 8.40. The number of fused-ring (bicyclic) bond motifs is 6. The van der Waals surface area contributed by atoms with E-state index in [0.29, 0.717) is 0 Å². The molecule has 4 nitrogen and oxygen atoms in total. The molecule has 29 heavy (non-hydrogen) atoms. The zero-order valence-electron chi connectivity index (χ0n) is 16.1. The van der Waals surface area contributed by atoms with Crippen LogP contribution in [0.25, 0.3) is 39.1 Å². The van der Waals surface area contributed by atoms with Gasteiger partial charge in [-0.3, -0.25) is 0 Å². The number of allylic oxidation sites excluding steroid dienone is 2. The fourth-order valence-corrected chi connectivity index (χ4v) is 5.54. The number of aromatic nitrogens is 1. The van der Waals surface area contributed by atoms with Crippen molar-refractivity contribution in [1.29, 1.82) is 0 Å². The van der Waals surface area contributed by atoms with Crippen molar-refractivity contribution in [2.45, 2.75) is 24.7 Å². The standard InChI is InChI=1S/C25H20N2O2/c1-27-11-5-8-16-24-21-14(7-4-10-19(21)29-25(16)27)17-12-26-13-20-22(17)23(24)15-6-2-3-9-18(15)28-20/h2-7,9-13,16,19,25-26H,8H2,1H3. The molecule has 0 saturated heterocycles. The van der Waals surface area contributed by atoms with Gasteiger partial charge in [-0.2, -0.15) is 0 Å². The maximum absolute atomic E-state index is 6.62. The second-order valence-electron chi connectivity index (χ2n) is 8.21. The number of nitrogens with one attached hydrogen (secondary N) is 1. The Balaban J connectivity index is 1.76. The van der Waals surface area contributed by atoms with Gasteiger partial charge in [0.15, 0.2) is 5.76 Å². The van der Waals surface area contributed by atoms with Crippen molar-refractivity contribution in [3.8, 4) is 11.3 Å². The van der Waals surface area contributed by atoms with Crippen LogP contribution in [0.5, 0.6) is 0 Å². The van der Waals surface area contributed by atoms with E-state index in [0.717, 1.165) is 17.8 Å². The molecule has 1 aliphatic carbocycles. The second kappa shape index (κ2) is 5.43. The Kier molecular flexibility index (Phi) is 2.93. The first-order valence-electron chi connectivity index (χ1n) is 10.2. The summed E-state index contributed by atoms with van der Waals surface area (Å²) in [7, 11) is 2.11. The zero-order chi connectivity index (χ0) is 19.1. The Labute approximate surface area is 167 Å². The SMILES string of the molecule is CN1C=CCC2c3c4c(c5c[nH]cc6oc7ccccc7c3c5-6)=CC=CC4OC21. The van der Waals surface area contributed by atoms with Gasteiger partial charge in [0.2, 0.25) is 0 Å². The van der Waals surface area contributed by atoms with Crippen LogP contribution in [0.3, 0.4) is 0 Å². The van der Waals surface area contributed by atoms with Crippen molar-refractivity contribution < 1.29 is 9.15 Å². The monoisotopic (exact) mass is 380 g/mol. The summed E-state index contributed by atoms with van der Waals surface area (Å²) >= 11 is 0. The lowest BCUT2D eigenvalue weighted by Crippen LogP contribution is -2.44. The molecule has 0 spiro atoms. The molecule has 0 fully saturated rings. The number of aromatic amines is 1. The van der Waals surface area contributed by atoms with E-state index in [9.17, 15) is 0 Å². The van der Waals surface area contributed by atoms with Gasteiger partial charge in [-0.05, 0) is 35.0 Å². The highest BCUT2D eigenvalue weighted by atomic mass is 16.5. The molecule has 3 atom stereocenters. The van der Waals surface area contributed by atoms with Gasteiger partial charge in [0.1, 0.15) is 17.9 Å². The Morgan fingerprint density at radius 1 is 1.10 bits per heavy atom. The number of likely N-dealkylation sites (N-methyl/N-ethyl adjacent to an activating group) is 1. The summed E-state index contributed by atoms with van der Waals surface area (Å²) in [5.41, 5.74) is 4.88. The van der Waals surface area contributed by atoms with Crippen molar-refractivity contribution in [3.63, 3.8) is 0 Å². The maximum Gasteiger partial charge on any atom is 0.151 e. The van der Waals surface area contributed by atoms with Crippen LogP contribution < -0.4 is 5.22 Å². The molecule has 4 heterocycles. The van der Waals surface area contributed by atoms with Gasteiger partial charge < -0.3 is 19.0 Å². The lowest BCUT2D eigenvalue weighted by atomic mass is 9.76. The van der Waals surface area contributed by atoms with Crippen LogP contribution in [-0.2, 0) is 4.74 Å². The average molecular weight is 380 g/mol. The number of hydrogen-bond donors (Lipinski definition) is 1. The van der Waals surface area contributed by atoms with E-state index in [4.69, 9.17) is 9.15 Å². The van der Waals surface area contributed by atoms with Gasteiger partial charge in [0, 0.05) is 47.1 Å². The lowest BCUT2D eigenvalue weighted by molar-refractivity contribution is -0.0889. The molecule has 5 aliphatic rings. The highest BCUT2D eigenvalue weighted by Gasteiger charge is 2.41. The fourth-order valence-electron chi connectivity index (χ4n) is 5.54. The Morgan fingerprint density at radius 3 is 3.00 bits per heavy atom. The van der Waals surface area contributed by atoms with Crippen LogP contribution in [-0.4, -0.2) is 23.2 Å². The fraction of sp³-hybridized carbons (Fsp3) is 0.200. The van der Waals surface area contributed by atoms with Crippen LogP contribution in [0.4, 0.5) is 0 Å². The highest BCUT2D eigenvalue weighted by Crippen LogP contribution is 2.50. The van der Waals surface area contributed by atoms with Crippen LogP contribution in [0.1, 0.15) is 29.6 Å². The molecule has 4 heteroatoms. The molecule has 0 radical (unpaired) electrons. The predicted molar refractivity (Wildman–Crippen MR) is 114 cm³/mol. The number of pyridine rings is 1. The van der Waals surface area contributed by atoms with E-state index < -0.39 is 0 Å². The summed E-state index contributed by atoms with van der Waals surface area (Å²) in [6.45, 7) is 0. The third-order valence-electron chi connectivity index (χ3n) is 6.69. The molecule has 7 rings (SSSR count). The van der Waals surface area contributed by atoms with Crippen LogP contribution >= 0.6 is 0 Å². The third-order valence-corrected chi connectivity index (χ3v) is 6.69. The molecule has 0 saturated carbocycles. The van der Waals surface area contributed by atoms with Crippen molar-refractivity contribution in [2.75, 3.05) is 7.05 Å². The quantitative estimate of drug-likeness (QED) is 0.345. The molecule has 0 aromatic heterocycles. The molecular weight excluding hydrogens is 360 g/mol. The van der Waals surface area contributed by atoms with E-state index >= 15 is 0 Å². The lowest BCUT2D eigenvalue weighted by Gasteiger charge is -2.45. The topological polar surface area (TPSA) is 41.4 Å². The summed E-state index contributed by atoms with van der Waals surface area (Å²) < 4.78 is 12.9. The van der Waals surface area contributed by atoms with E-state index in [1.165, 1.54) is 38.1 Å². The number of ether oxygens (including phenoxy) is 1. The number of rotatable bonds is 0. The highest BCUT2D eigenvalue weighted by molar-refractivity contribution is 6.12. The summed E-state index contributed by atoms with van der Waals surface area (Å²) in [5, 5.41) is 4.95. The van der Waals surface area contributed by atoms with Crippen molar-refractivity contribution in [1.82, 2.24) is 9.88 Å². The molecule has 4 aliphatic heterocycles. The van der Waals surface area contributed by atoms with E-state index in [1.807, 2.05) is 12.3 Å². The number of para-hydroxylation sites is 1. The minimum absolute atomic E-state index is 0.0282. The number of hydrogen-bond acceptors (Lipinski definition) is 3. The van der Waals surface area contributed by atoms with E-state index in [-0.39, 0.29) is 18.2 Å². The van der Waals surface area contributed by atoms with Gasteiger partial charge in [-0.15, -0.1) is 0 Å². The minimum Gasteiger partial charge on any atom is -0.455 e. The molecule has 2 aromatic carbocycles. The second-order valence-corrected chi connectivity index (χ2v) is 8.21. The molecule has 2 aromatic rings. The Bertz CT molecular complexity index is 1400. The molecule has 0 bridgehead atoms. The summed E-state index contributed by atoms with van der Waals surface area (Å²) in [5.74, 6) is 1.19. The molecular formula is C25H20N2O2. The maximum atomic E-state index is 6.62. The van der Waals surface area contributed by atoms with Crippen LogP contribution in [0.15, 0.2) is 65.5 Å². The summed E-state index contributed by atoms with van der Waals surface area (Å²) in [6.07, 6.45) is 16.0. The molecule has 3 unspecified atom stereocenters. The first-order chi connectivity index (χ1) is 14.3. The van der Waals surface area contributed by atoms with E-state index in [2.05, 4.69) is 71.8 Å².